The number of benzene rings is 1. The molecule has 0 unspecified atom stereocenters. The van der Waals surface area contributed by atoms with Crippen molar-refractivity contribution in [2.45, 2.75) is 26.4 Å². The van der Waals surface area contributed by atoms with E-state index in [1.807, 2.05) is 13.8 Å². The van der Waals surface area contributed by atoms with Gasteiger partial charge in [0.05, 0.1) is 23.2 Å². The third-order valence-corrected chi connectivity index (χ3v) is 2.73. The molecule has 0 aliphatic heterocycles. The van der Waals surface area contributed by atoms with E-state index in [1.54, 1.807) is 12.1 Å². The number of carbonyl (C=O) groups excluding carboxylic acids is 1. The molecule has 1 rings (SSSR count). The number of para-hydroxylation sites is 1. The fraction of sp³-hybridized carbons (Fsp3) is 0.417. The molecule has 0 spiro atoms. The molecule has 5 heteroatoms. The number of aromatic hydroxyl groups is 1. The van der Waals surface area contributed by atoms with E-state index < -0.39 is 6.10 Å². The summed E-state index contributed by atoms with van der Waals surface area (Å²) in [6.45, 7) is 3.66. The van der Waals surface area contributed by atoms with Gasteiger partial charge in [-0.3, -0.25) is 4.79 Å². The topological polar surface area (TPSA) is 69.6 Å². The van der Waals surface area contributed by atoms with Crippen molar-refractivity contribution < 1.29 is 15.0 Å². The molecule has 0 saturated heterocycles. The van der Waals surface area contributed by atoms with E-state index in [0.717, 1.165) is 0 Å². The van der Waals surface area contributed by atoms with Crippen LogP contribution in [-0.4, -0.2) is 22.2 Å². The first-order valence-electron chi connectivity index (χ1n) is 5.37. The van der Waals surface area contributed by atoms with Gasteiger partial charge in [-0.1, -0.05) is 31.5 Å². The molecular weight excluding hydrogens is 242 g/mol. The van der Waals surface area contributed by atoms with Gasteiger partial charge < -0.3 is 15.5 Å². The van der Waals surface area contributed by atoms with Gasteiger partial charge in [-0.2, -0.15) is 0 Å². The predicted molar refractivity (Wildman–Crippen MR) is 67.2 cm³/mol. The van der Waals surface area contributed by atoms with E-state index in [4.69, 9.17) is 11.6 Å². The van der Waals surface area contributed by atoms with Crippen molar-refractivity contribution in [1.29, 1.82) is 0 Å². The molecule has 1 aromatic carbocycles. The van der Waals surface area contributed by atoms with E-state index in [1.165, 1.54) is 6.07 Å². The summed E-state index contributed by atoms with van der Waals surface area (Å²) >= 11 is 5.70. The SMILES string of the molecule is CC(C)[C@H](O)CC(=O)Nc1cccc(Cl)c1O. The Morgan fingerprint density at radius 1 is 1.47 bits per heavy atom. The molecule has 0 aliphatic carbocycles. The number of anilines is 1. The van der Waals surface area contributed by atoms with Gasteiger partial charge in [0.1, 0.15) is 0 Å². The molecule has 1 atom stereocenters. The summed E-state index contributed by atoms with van der Waals surface area (Å²) in [7, 11) is 0. The zero-order valence-electron chi connectivity index (χ0n) is 9.77. The Hall–Kier alpha value is -1.26. The van der Waals surface area contributed by atoms with Crippen molar-refractivity contribution in [3.05, 3.63) is 23.2 Å². The number of halogens is 1. The van der Waals surface area contributed by atoms with Crippen LogP contribution < -0.4 is 5.32 Å². The number of rotatable bonds is 4. The number of hydrogen-bond donors (Lipinski definition) is 3. The molecule has 1 amide bonds. The van der Waals surface area contributed by atoms with Crippen molar-refractivity contribution in [2.24, 2.45) is 5.92 Å². The van der Waals surface area contributed by atoms with Crippen molar-refractivity contribution >= 4 is 23.2 Å². The maximum atomic E-state index is 11.6. The average molecular weight is 258 g/mol. The highest BCUT2D eigenvalue weighted by atomic mass is 35.5. The summed E-state index contributed by atoms with van der Waals surface area (Å²) in [6, 6.07) is 4.69. The van der Waals surface area contributed by atoms with Crippen LogP contribution in [0.25, 0.3) is 0 Å². The number of phenolic OH excluding ortho intramolecular Hbond substituents is 1. The second-order valence-corrected chi connectivity index (χ2v) is 4.61. The van der Waals surface area contributed by atoms with Gasteiger partial charge in [0.15, 0.2) is 5.75 Å². The smallest absolute Gasteiger partial charge is 0.227 e. The first-order valence-corrected chi connectivity index (χ1v) is 5.75. The quantitative estimate of drug-likeness (QED) is 0.726. The summed E-state index contributed by atoms with van der Waals surface area (Å²) in [4.78, 5) is 11.6. The highest BCUT2D eigenvalue weighted by Gasteiger charge is 2.15. The molecule has 94 valence electrons. The van der Waals surface area contributed by atoms with Crippen LogP contribution in [0.4, 0.5) is 5.69 Å². The lowest BCUT2D eigenvalue weighted by molar-refractivity contribution is -0.118. The predicted octanol–water partition coefficient (Wildman–Crippen LogP) is 2.39. The first-order chi connectivity index (χ1) is 7.91. The van der Waals surface area contributed by atoms with Gasteiger partial charge in [-0.25, -0.2) is 0 Å². The van der Waals surface area contributed by atoms with Crippen LogP contribution in [0.2, 0.25) is 5.02 Å². The van der Waals surface area contributed by atoms with Gasteiger partial charge in [0.25, 0.3) is 0 Å². The summed E-state index contributed by atoms with van der Waals surface area (Å²) in [5.74, 6) is -0.515. The molecule has 17 heavy (non-hydrogen) atoms. The van der Waals surface area contributed by atoms with Gasteiger partial charge in [0.2, 0.25) is 5.91 Å². The van der Waals surface area contributed by atoms with Gasteiger partial charge in [-0.15, -0.1) is 0 Å². The summed E-state index contributed by atoms with van der Waals surface area (Å²) < 4.78 is 0. The summed E-state index contributed by atoms with van der Waals surface area (Å²) in [5.41, 5.74) is 0.249. The number of hydrogen-bond acceptors (Lipinski definition) is 3. The Balaban J connectivity index is 2.66. The molecule has 0 aromatic heterocycles. The third kappa shape index (κ3) is 3.91. The second-order valence-electron chi connectivity index (χ2n) is 4.20. The summed E-state index contributed by atoms with van der Waals surface area (Å²) in [5, 5.41) is 21.8. The highest BCUT2D eigenvalue weighted by Crippen LogP contribution is 2.31. The Morgan fingerprint density at radius 3 is 2.71 bits per heavy atom. The maximum Gasteiger partial charge on any atom is 0.227 e. The Morgan fingerprint density at radius 2 is 2.12 bits per heavy atom. The summed E-state index contributed by atoms with van der Waals surface area (Å²) in [6.07, 6.45) is -0.708. The second kappa shape index (κ2) is 5.89. The Labute approximate surface area is 105 Å². The van der Waals surface area contributed by atoms with Crippen LogP contribution in [-0.2, 0) is 4.79 Å². The first kappa shape index (κ1) is 13.8. The molecule has 0 bridgehead atoms. The number of nitrogens with one attached hydrogen (secondary N) is 1. The standard InChI is InChI=1S/C12H16ClNO3/c1-7(2)10(15)6-11(16)14-9-5-3-4-8(13)12(9)17/h3-5,7,10,15,17H,6H2,1-2H3,(H,14,16)/t10-/m1/s1. The highest BCUT2D eigenvalue weighted by molar-refractivity contribution is 6.32. The van der Waals surface area contributed by atoms with E-state index in [2.05, 4.69) is 5.32 Å². The molecule has 0 fully saturated rings. The van der Waals surface area contributed by atoms with Crippen LogP contribution in [0, 0.1) is 5.92 Å². The van der Waals surface area contributed by atoms with Crippen LogP contribution in [0.15, 0.2) is 18.2 Å². The monoisotopic (exact) mass is 257 g/mol. The fourth-order valence-electron chi connectivity index (χ4n) is 1.24. The van der Waals surface area contributed by atoms with Crippen LogP contribution in [0.1, 0.15) is 20.3 Å². The molecule has 1 aromatic rings. The zero-order chi connectivity index (χ0) is 13.0. The molecule has 0 radical (unpaired) electrons. The number of phenols is 1. The third-order valence-electron chi connectivity index (χ3n) is 2.42. The molecule has 0 aliphatic rings. The zero-order valence-corrected chi connectivity index (χ0v) is 10.5. The van der Waals surface area contributed by atoms with Gasteiger partial charge >= 0.3 is 0 Å². The number of aliphatic hydroxyl groups is 1. The molecular formula is C12H16ClNO3. The fourth-order valence-corrected chi connectivity index (χ4v) is 1.42. The van der Waals surface area contributed by atoms with E-state index in [-0.39, 0.29) is 34.7 Å². The van der Waals surface area contributed by atoms with E-state index in [9.17, 15) is 15.0 Å². The Bertz CT molecular complexity index is 407. The number of carbonyl (C=O) groups is 1. The number of amides is 1. The lowest BCUT2D eigenvalue weighted by Gasteiger charge is -2.14. The lowest BCUT2D eigenvalue weighted by atomic mass is 10.0. The van der Waals surface area contributed by atoms with Crippen LogP contribution in [0.3, 0.4) is 0 Å². The largest absolute Gasteiger partial charge is 0.504 e. The van der Waals surface area contributed by atoms with Gasteiger partial charge in [-0.05, 0) is 18.1 Å². The average Bonchev–Trinajstić information content (AvgIpc) is 2.24. The van der Waals surface area contributed by atoms with E-state index >= 15 is 0 Å². The molecule has 3 N–H and O–H groups in total. The normalized spacial score (nSPS) is 12.5. The van der Waals surface area contributed by atoms with Crippen molar-refractivity contribution in [1.82, 2.24) is 0 Å². The van der Waals surface area contributed by atoms with Crippen molar-refractivity contribution in [3.8, 4) is 5.75 Å². The molecule has 0 saturated carbocycles. The van der Waals surface area contributed by atoms with Gasteiger partial charge in [0, 0.05) is 0 Å². The minimum atomic E-state index is -0.698. The Kier molecular flexibility index (Phi) is 4.78. The maximum absolute atomic E-state index is 11.6. The van der Waals surface area contributed by atoms with E-state index in [0.29, 0.717) is 0 Å². The molecule has 0 heterocycles. The van der Waals surface area contributed by atoms with Crippen LogP contribution >= 0.6 is 11.6 Å². The van der Waals surface area contributed by atoms with Crippen LogP contribution in [0.5, 0.6) is 5.75 Å². The minimum Gasteiger partial charge on any atom is -0.504 e. The number of aliphatic hydroxyl groups excluding tert-OH is 1. The molecule has 4 nitrogen and oxygen atoms in total. The van der Waals surface area contributed by atoms with Crippen molar-refractivity contribution in [2.75, 3.05) is 5.32 Å². The van der Waals surface area contributed by atoms with Crippen molar-refractivity contribution in [3.63, 3.8) is 0 Å². The lowest BCUT2D eigenvalue weighted by Crippen LogP contribution is -2.23. The minimum absolute atomic E-state index is 0.00806.